The molecular weight excluding hydrogens is 469 g/mol. The van der Waals surface area contributed by atoms with Crippen molar-refractivity contribution >= 4 is 29.9 Å². The molecule has 0 bridgehead atoms. The highest BCUT2D eigenvalue weighted by molar-refractivity contribution is 14.0. The molecule has 0 saturated heterocycles. The number of aryl methyl sites for hydroxylation is 1. The summed E-state index contributed by atoms with van der Waals surface area (Å²) >= 11 is 0. The van der Waals surface area contributed by atoms with Crippen LogP contribution in [0.5, 0.6) is 17.2 Å². The smallest absolute Gasteiger partial charge is 0.191 e. The lowest BCUT2D eigenvalue weighted by molar-refractivity contribution is 0.354. The van der Waals surface area contributed by atoms with Crippen LogP contribution in [0.15, 0.2) is 47.5 Å². The summed E-state index contributed by atoms with van der Waals surface area (Å²) < 4.78 is 10.6. The van der Waals surface area contributed by atoms with Gasteiger partial charge in [0.1, 0.15) is 5.75 Å². The number of aromatic hydroxyl groups is 1. The maximum absolute atomic E-state index is 9.32. The van der Waals surface area contributed by atoms with Crippen molar-refractivity contribution in [2.45, 2.75) is 26.3 Å². The lowest BCUT2D eigenvalue weighted by Crippen LogP contribution is -2.37. The van der Waals surface area contributed by atoms with E-state index in [4.69, 9.17) is 9.47 Å². The zero-order valence-corrected chi connectivity index (χ0v) is 19.0. The number of phenolic OH excluding ortho intramolecular Hbond substituents is 1. The number of nitrogens with zero attached hydrogens (tertiary/aromatic N) is 1. The third-order valence-electron chi connectivity index (χ3n) is 4.08. The molecule has 3 N–H and O–H groups in total. The number of guanidine groups is 1. The summed E-state index contributed by atoms with van der Waals surface area (Å²) in [6.07, 6.45) is 1.92. The van der Waals surface area contributed by atoms with Crippen LogP contribution in [0.4, 0.5) is 0 Å². The number of aliphatic imine (C=N–C) groups is 1. The molecule has 0 atom stereocenters. The van der Waals surface area contributed by atoms with Crippen LogP contribution in [0.2, 0.25) is 0 Å². The highest BCUT2D eigenvalue weighted by Crippen LogP contribution is 2.27. The van der Waals surface area contributed by atoms with Gasteiger partial charge in [-0.2, -0.15) is 0 Å². The van der Waals surface area contributed by atoms with Gasteiger partial charge in [-0.05, 0) is 55.2 Å². The van der Waals surface area contributed by atoms with Gasteiger partial charge in [0.05, 0.1) is 20.8 Å². The molecule has 2 aromatic rings. The number of phenols is 1. The Hall–Kier alpha value is -2.16. The van der Waals surface area contributed by atoms with E-state index in [2.05, 4.69) is 15.6 Å². The molecular formula is C21H30IN3O3. The number of hydrogen-bond acceptors (Lipinski definition) is 4. The zero-order valence-electron chi connectivity index (χ0n) is 16.7. The van der Waals surface area contributed by atoms with E-state index in [-0.39, 0.29) is 24.0 Å². The van der Waals surface area contributed by atoms with Crippen LogP contribution in [0, 0.1) is 0 Å². The first-order valence-electron chi connectivity index (χ1n) is 9.17. The fraction of sp³-hybridized carbons (Fsp3) is 0.381. The molecule has 0 fully saturated rings. The number of rotatable bonds is 9. The number of nitrogens with one attached hydrogen (secondary N) is 2. The lowest BCUT2D eigenvalue weighted by atomic mass is 10.1. The number of ether oxygens (including phenoxy) is 2. The standard InChI is InChI=1S/C21H29N3O3.HI/c1-4-22-21(23-13-5-6-16-7-10-18(25)11-8-16)24-15-17-9-12-19(26-2)20(14-17)27-3;/h7-12,14,25H,4-6,13,15H2,1-3H3,(H2,22,23,24);1H. The predicted octanol–water partition coefficient (Wildman–Crippen LogP) is 3.72. The van der Waals surface area contributed by atoms with E-state index < -0.39 is 0 Å². The third kappa shape index (κ3) is 7.84. The average Bonchev–Trinajstić information content (AvgIpc) is 2.70. The second-order valence-electron chi connectivity index (χ2n) is 6.08. The summed E-state index contributed by atoms with van der Waals surface area (Å²) in [7, 11) is 3.26. The van der Waals surface area contributed by atoms with Crippen LogP contribution < -0.4 is 20.1 Å². The Bertz CT molecular complexity index is 736. The molecule has 0 spiro atoms. The molecule has 154 valence electrons. The monoisotopic (exact) mass is 499 g/mol. The number of methoxy groups -OCH3 is 2. The van der Waals surface area contributed by atoms with Gasteiger partial charge in [0.2, 0.25) is 0 Å². The molecule has 0 heterocycles. The normalized spacial score (nSPS) is 10.8. The quantitative estimate of drug-likeness (QED) is 0.212. The fourth-order valence-corrected chi connectivity index (χ4v) is 2.65. The first-order chi connectivity index (χ1) is 13.2. The van der Waals surface area contributed by atoms with Crippen LogP contribution >= 0.6 is 24.0 Å². The van der Waals surface area contributed by atoms with E-state index in [1.54, 1.807) is 26.4 Å². The molecule has 6 nitrogen and oxygen atoms in total. The molecule has 2 rings (SSSR count). The minimum absolute atomic E-state index is 0. The van der Waals surface area contributed by atoms with Gasteiger partial charge in [0, 0.05) is 13.1 Å². The SMILES string of the molecule is CCNC(=NCc1ccc(OC)c(OC)c1)NCCCc1ccc(O)cc1.I. The molecule has 0 aliphatic rings. The van der Waals surface area contributed by atoms with Crippen molar-refractivity contribution in [3.8, 4) is 17.2 Å². The topological polar surface area (TPSA) is 75.1 Å². The van der Waals surface area contributed by atoms with E-state index in [1.807, 2.05) is 37.3 Å². The summed E-state index contributed by atoms with van der Waals surface area (Å²) in [4.78, 5) is 4.64. The molecule has 0 aliphatic heterocycles. The van der Waals surface area contributed by atoms with Crippen LogP contribution in [0.25, 0.3) is 0 Å². The van der Waals surface area contributed by atoms with Crippen molar-refractivity contribution < 1.29 is 14.6 Å². The van der Waals surface area contributed by atoms with E-state index >= 15 is 0 Å². The highest BCUT2D eigenvalue weighted by atomic mass is 127. The summed E-state index contributed by atoms with van der Waals surface area (Å²) in [6, 6.07) is 13.2. The number of benzene rings is 2. The first-order valence-corrected chi connectivity index (χ1v) is 9.17. The summed E-state index contributed by atoms with van der Waals surface area (Å²) in [5.74, 6) is 2.51. The molecule has 0 aliphatic carbocycles. The van der Waals surface area contributed by atoms with Crippen molar-refractivity contribution in [1.82, 2.24) is 10.6 Å². The highest BCUT2D eigenvalue weighted by Gasteiger charge is 2.05. The lowest BCUT2D eigenvalue weighted by Gasteiger charge is -2.12. The Morgan fingerprint density at radius 3 is 2.29 bits per heavy atom. The molecule has 0 aromatic heterocycles. The minimum atomic E-state index is 0. The van der Waals surface area contributed by atoms with Gasteiger partial charge in [-0.15, -0.1) is 24.0 Å². The number of halogens is 1. The van der Waals surface area contributed by atoms with Gasteiger partial charge in [0.15, 0.2) is 17.5 Å². The van der Waals surface area contributed by atoms with Crippen molar-refractivity contribution in [2.24, 2.45) is 4.99 Å². The van der Waals surface area contributed by atoms with E-state index in [0.29, 0.717) is 23.8 Å². The second kappa shape index (κ2) is 13.1. The van der Waals surface area contributed by atoms with Crippen LogP contribution in [-0.2, 0) is 13.0 Å². The maximum atomic E-state index is 9.32. The average molecular weight is 499 g/mol. The largest absolute Gasteiger partial charge is 0.508 e. The van der Waals surface area contributed by atoms with Gasteiger partial charge >= 0.3 is 0 Å². The van der Waals surface area contributed by atoms with E-state index in [1.165, 1.54) is 5.56 Å². The maximum Gasteiger partial charge on any atom is 0.191 e. The van der Waals surface area contributed by atoms with Gasteiger partial charge in [-0.1, -0.05) is 18.2 Å². The van der Waals surface area contributed by atoms with Crippen LogP contribution in [-0.4, -0.2) is 38.4 Å². The molecule has 28 heavy (non-hydrogen) atoms. The van der Waals surface area contributed by atoms with Gasteiger partial charge in [-0.3, -0.25) is 0 Å². The zero-order chi connectivity index (χ0) is 19.5. The molecule has 0 radical (unpaired) electrons. The van der Waals surface area contributed by atoms with Gasteiger partial charge in [-0.25, -0.2) is 4.99 Å². The molecule has 2 aromatic carbocycles. The Labute approximate surface area is 184 Å². The van der Waals surface area contributed by atoms with Gasteiger partial charge < -0.3 is 25.2 Å². The van der Waals surface area contributed by atoms with Crippen molar-refractivity contribution in [3.63, 3.8) is 0 Å². The summed E-state index contributed by atoms with van der Waals surface area (Å²) in [6.45, 7) is 4.21. The van der Waals surface area contributed by atoms with Crippen molar-refractivity contribution in [2.75, 3.05) is 27.3 Å². The predicted molar refractivity (Wildman–Crippen MR) is 124 cm³/mol. The fourth-order valence-electron chi connectivity index (χ4n) is 2.65. The van der Waals surface area contributed by atoms with Crippen molar-refractivity contribution in [3.05, 3.63) is 53.6 Å². The molecule has 0 unspecified atom stereocenters. The first kappa shape index (κ1) is 23.9. The number of hydrogen-bond donors (Lipinski definition) is 3. The molecule has 0 saturated carbocycles. The van der Waals surface area contributed by atoms with Crippen LogP contribution in [0.1, 0.15) is 24.5 Å². The van der Waals surface area contributed by atoms with E-state index in [9.17, 15) is 5.11 Å². The molecule has 7 heteroatoms. The molecule has 0 amide bonds. The van der Waals surface area contributed by atoms with Crippen molar-refractivity contribution in [1.29, 1.82) is 0 Å². The Kier molecular flexibility index (Phi) is 11.2. The van der Waals surface area contributed by atoms with E-state index in [0.717, 1.165) is 37.5 Å². The Balaban J connectivity index is 0.00000392. The third-order valence-corrected chi connectivity index (χ3v) is 4.08. The minimum Gasteiger partial charge on any atom is -0.508 e. The summed E-state index contributed by atoms with van der Waals surface area (Å²) in [5.41, 5.74) is 2.26. The van der Waals surface area contributed by atoms with Crippen LogP contribution in [0.3, 0.4) is 0 Å². The van der Waals surface area contributed by atoms with Gasteiger partial charge in [0.25, 0.3) is 0 Å². The second-order valence-corrected chi connectivity index (χ2v) is 6.08. The Morgan fingerprint density at radius 1 is 0.964 bits per heavy atom. The Morgan fingerprint density at radius 2 is 1.64 bits per heavy atom. The summed E-state index contributed by atoms with van der Waals surface area (Å²) in [5, 5.41) is 15.9.